The third kappa shape index (κ3) is 1.50. The van der Waals surface area contributed by atoms with Crippen LogP contribution in [0.25, 0.3) is 10.6 Å². The molecule has 4 nitrogen and oxygen atoms in total. The van der Waals surface area contributed by atoms with Crippen molar-refractivity contribution in [2.75, 3.05) is 5.73 Å². The highest BCUT2D eigenvalue weighted by Crippen LogP contribution is 2.25. The maximum Gasteiger partial charge on any atom is 0.135 e. The number of nitrogen functional groups attached to an aromatic ring is 1. The maximum absolute atomic E-state index is 5.52. The number of hydrogen-bond acceptors (Lipinski definition) is 5. The summed E-state index contributed by atoms with van der Waals surface area (Å²) in [6.45, 7) is 1.93. The lowest BCUT2D eigenvalue weighted by Crippen LogP contribution is -1.89. The first-order valence-electron chi connectivity index (χ1n) is 3.75. The van der Waals surface area contributed by atoms with Crippen LogP contribution >= 0.6 is 11.3 Å². The van der Waals surface area contributed by atoms with Crippen LogP contribution in [-0.4, -0.2) is 15.0 Å². The fraction of sp³-hybridized carbons (Fsp3) is 0.125. The maximum atomic E-state index is 5.52. The van der Waals surface area contributed by atoms with Crippen molar-refractivity contribution in [3.05, 3.63) is 23.6 Å². The summed E-state index contributed by atoms with van der Waals surface area (Å²) in [6.07, 6.45) is 3.27. The molecular formula is C8H8N4S. The minimum atomic E-state index is 0.545. The van der Waals surface area contributed by atoms with E-state index in [-0.39, 0.29) is 0 Å². The Morgan fingerprint density at radius 2 is 2.31 bits per heavy atom. The Kier molecular flexibility index (Phi) is 1.94. The zero-order chi connectivity index (χ0) is 9.26. The largest absolute Gasteiger partial charge is 0.383 e. The molecule has 2 N–H and O–H groups in total. The van der Waals surface area contributed by atoms with E-state index in [1.807, 2.05) is 12.3 Å². The summed E-state index contributed by atoms with van der Waals surface area (Å²) < 4.78 is 0. The normalized spacial score (nSPS) is 10.2. The Labute approximate surface area is 79.5 Å². The number of hydrogen-bond donors (Lipinski definition) is 1. The number of aryl methyl sites for hydroxylation is 1. The molecule has 2 aromatic rings. The molecule has 0 aromatic carbocycles. The molecule has 0 radical (unpaired) electrons. The molecule has 0 aliphatic carbocycles. The van der Waals surface area contributed by atoms with Gasteiger partial charge in [-0.05, 0) is 6.92 Å². The first-order chi connectivity index (χ1) is 6.27. The minimum absolute atomic E-state index is 0.545. The first kappa shape index (κ1) is 8.12. The third-order valence-corrected chi connectivity index (χ3v) is 2.56. The molecule has 0 saturated carbocycles. The highest BCUT2D eigenvalue weighted by Gasteiger charge is 2.06. The smallest absolute Gasteiger partial charge is 0.135 e. The Balaban J connectivity index is 2.52. The number of rotatable bonds is 1. The van der Waals surface area contributed by atoms with Gasteiger partial charge in [-0.15, -0.1) is 11.3 Å². The summed E-state index contributed by atoms with van der Waals surface area (Å²) in [4.78, 5) is 12.2. The van der Waals surface area contributed by atoms with Crippen molar-refractivity contribution >= 4 is 17.2 Å². The molecule has 0 fully saturated rings. The zero-order valence-electron chi connectivity index (χ0n) is 7.06. The Bertz CT molecular complexity index is 424. The molecule has 2 aromatic heterocycles. The predicted octanol–water partition coefficient (Wildman–Crippen LogP) is 1.49. The molecule has 0 unspecified atom stereocenters. The number of aromatic nitrogens is 3. The van der Waals surface area contributed by atoms with Crippen molar-refractivity contribution in [2.45, 2.75) is 6.92 Å². The minimum Gasteiger partial charge on any atom is -0.383 e. The molecular weight excluding hydrogens is 184 g/mol. The highest BCUT2D eigenvalue weighted by atomic mass is 32.1. The second kappa shape index (κ2) is 3.10. The van der Waals surface area contributed by atoms with Gasteiger partial charge in [-0.2, -0.15) is 0 Å². The molecule has 0 amide bonds. The van der Waals surface area contributed by atoms with Gasteiger partial charge in [0, 0.05) is 11.6 Å². The van der Waals surface area contributed by atoms with Gasteiger partial charge >= 0.3 is 0 Å². The van der Waals surface area contributed by atoms with Crippen LogP contribution in [0.15, 0.2) is 17.9 Å². The van der Waals surface area contributed by atoms with Gasteiger partial charge < -0.3 is 5.73 Å². The first-order valence-corrected chi connectivity index (χ1v) is 4.63. The van der Waals surface area contributed by atoms with Crippen LogP contribution < -0.4 is 5.73 Å². The van der Waals surface area contributed by atoms with Gasteiger partial charge in [-0.1, -0.05) is 0 Å². The SMILES string of the molecule is Cc1ncncc1-c1nc(N)cs1. The molecule has 0 atom stereocenters. The second-order valence-corrected chi connectivity index (χ2v) is 3.46. The average molecular weight is 192 g/mol. The van der Waals surface area contributed by atoms with Gasteiger partial charge in [0.05, 0.1) is 11.3 Å². The molecule has 0 saturated heterocycles. The monoisotopic (exact) mass is 192 g/mol. The topological polar surface area (TPSA) is 64.7 Å². The predicted molar refractivity (Wildman–Crippen MR) is 52.3 cm³/mol. The van der Waals surface area contributed by atoms with E-state index in [2.05, 4.69) is 15.0 Å². The van der Waals surface area contributed by atoms with E-state index in [9.17, 15) is 0 Å². The van der Waals surface area contributed by atoms with E-state index >= 15 is 0 Å². The van der Waals surface area contributed by atoms with Crippen molar-refractivity contribution < 1.29 is 0 Å². The lowest BCUT2D eigenvalue weighted by molar-refractivity contribution is 1.10. The fourth-order valence-corrected chi connectivity index (χ4v) is 1.78. The van der Waals surface area contributed by atoms with Gasteiger partial charge in [0.25, 0.3) is 0 Å². The van der Waals surface area contributed by atoms with E-state index in [4.69, 9.17) is 5.73 Å². The van der Waals surface area contributed by atoms with E-state index < -0.39 is 0 Å². The molecule has 0 spiro atoms. The number of nitrogens with zero attached hydrogens (tertiary/aromatic N) is 3. The standard InChI is InChI=1S/C8H8N4S/c1-5-6(2-10-4-11-5)8-12-7(9)3-13-8/h2-4H,9H2,1H3. The number of anilines is 1. The van der Waals surface area contributed by atoms with Crippen molar-refractivity contribution in [1.29, 1.82) is 0 Å². The summed E-state index contributed by atoms with van der Waals surface area (Å²) in [7, 11) is 0. The van der Waals surface area contributed by atoms with Gasteiger partial charge in [0.1, 0.15) is 17.2 Å². The summed E-state index contributed by atoms with van der Waals surface area (Å²) in [5.41, 5.74) is 7.39. The molecule has 0 aliphatic rings. The van der Waals surface area contributed by atoms with Crippen molar-refractivity contribution in [1.82, 2.24) is 15.0 Å². The Hall–Kier alpha value is -1.49. The van der Waals surface area contributed by atoms with Crippen LogP contribution in [-0.2, 0) is 0 Å². The van der Waals surface area contributed by atoms with Crippen LogP contribution in [0.5, 0.6) is 0 Å². The van der Waals surface area contributed by atoms with Crippen molar-refractivity contribution in [3.63, 3.8) is 0 Å². The molecule has 13 heavy (non-hydrogen) atoms. The summed E-state index contributed by atoms with van der Waals surface area (Å²) in [5, 5.41) is 2.68. The van der Waals surface area contributed by atoms with E-state index in [0.717, 1.165) is 16.3 Å². The number of thiazole rings is 1. The highest BCUT2D eigenvalue weighted by molar-refractivity contribution is 7.13. The van der Waals surface area contributed by atoms with Crippen LogP contribution in [0.3, 0.4) is 0 Å². The fourth-order valence-electron chi connectivity index (χ4n) is 1.01. The molecule has 2 heterocycles. The van der Waals surface area contributed by atoms with Crippen LogP contribution in [0, 0.1) is 6.92 Å². The third-order valence-electron chi connectivity index (χ3n) is 1.66. The van der Waals surface area contributed by atoms with Gasteiger partial charge in [-0.25, -0.2) is 15.0 Å². The number of nitrogens with two attached hydrogens (primary N) is 1. The summed E-state index contributed by atoms with van der Waals surface area (Å²) in [6, 6.07) is 0. The van der Waals surface area contributed by atoms with Crippen molar-refractivity contribution in [2.24, 2.45) is 0 Å². The Morgan fingerprint density at radius 3 is 2.92 bits per heavy atom. The van der Waals surface area contributed by atoms with E-state index in [1.165, 1.54) is 17.7 Å². The van der Waals surface area contributed by atoms with Gasteiger partial charge in [0.15, 0.2) is 0 Å². The lowest BCUT2D eigenvalue weighted by atomic mass is 10.2. The summed E-state index contributed by atoms with van der Waals surface area (Å²) in [5.74, 6) is 0.545. The quantitative estimate of drug-likeness (QED) is 0.743. The second-order valence-electron chi connectivity index (χ2n) is 2.60. The average Bonchev–Trinajstić information content (AvgIpc) is 2.53. The molecule has 2 rings (SSSR count). The molecule has 5 heteroatoms. The van der Waals surface area contributed by atoms with E-state index in [0.29, 0.717) is 5.82 Å². The van der Waals surface area contributed by atoms with Crippen LogP contribution in [0.1, 0.15) is 5.69 Å². The molecule has 66 valence electrons. The lowest BCUT2D eigenvalue weighted by Gasteiger charge is -1.97. The molecule has 0 aliphatic heterocycles. The van der Waals surface area contributed by atoms with Crippen LogP contribution in [0.4, 0.5) is 5.82 Å². The van der Waals surface area contributed by atoms with Crippen LogP contribution in [0.2, 0.25) is 0 Å². The Morgan fingerprint density at radius 1 is 1.46 bits per heavy atom. The summed E-state index contributed by atoms with van der Waals surface area (Å²) >= 11 is 1.50. The van der Waals surface area contributed by atoms with Gasteiger partial charge in [0.2, 0.25) is 0 Å². The van der Waals surface area contributed by atoms with Crippen molar-refractivity contribution in [3.8, 4) is 10.6 Å². The molecule has 0 bridgehead atoms. The zero-order valence-corrected chi connectivity index (χ0v) is 7.88. The van der Waals surface area contributed by atoms with E-state index in [1.54, 1.807) is 6.20 Å². The van der Waals surface area contributed by atoms with Gasteiger partial charge in [-0.3, -0.25) is 0 Å².